The number of hydrogen-bond donors (Lipinski definition) is 1. The molecule has 30 heavy (non-hydrogen) atoms. The molecule has 1 atom stereocenters. The van der Waals surface area contributed by atoms with Crippen LogP contribution in [-0.4, -0.2) is 28.7 Å². The maximum atomic E-state index is 14.0. The number of carbonyl (C=O) groups excluding carboxylic acids is 1. The molecule has 2 aromatic carbocycles. The minimum absolute atomic E-state index is 0.105. The summed E-state index contributed by atoms with van der Waals surface area (Å²) in [5, 5.41) is 3.18. The van der Waals surface area contributed by atoms with Gasteiger partial charge in [0, 0.05) is 19.3 Å². The quantitative estimate of drug-likeness (QED) is 0.666. The van der Waals surface area contributed by atoms with Gasteiger partial charge >= 0.3 is 0 Å². The highest BCUT2D eigenvalue weighted by molar-refractivity contribution is 5.88. The van der Waals surface area contributed by atoms with Crippen LogP contribution >= 0.6 is 0 Å². The zero-order chi connectivity index (χ0) is 21.3. The lowest BCUT2D eigenvalue weighted by Gasteiger charge is -2.37. The monoisotopic (exact) mass is 409 g/mol. The van der Waals surface area contributed by atoms with Crippen LogP contribution in [-0.2, 0) is 14.9 Å². The molecule has 0 bridgehead atoms. The van der Waals surface area contributed by atoms with Gasteiger partial charge in [-0.2, -0.15) is 0 Å². The molecule has 2 heterocycles. The van der Waals surface area contributed by atoms with E-state index < -0.39 is 5.41 Å². The number of rotatable bonds is 5. The molecule has 0 radical (unpaired) electrons. The van der Waals surface area contributed by atoms with E-state index in [0.717, 1.165) is 16.9 Å². The molecule has 0 unspecified atom stereocenters. The predicted molar refractivity (Wildman–Crippen MR) is 115 cm³/mol. The number of fused-ring (bicyclic) bond motifs is 1. The predicted octanol–water partition coefficient (Wildman–Crippen LogP) is 4.68. The van der Waals surface area contributed by atoms with Crippen LogP contribution in [0.25, 0.3) is 11.0 Å². The molecule has 1 saturated heterocycles. The van der Waals surface area contributed by atoms with Crippen LogP contribution < -0.4 is 5.32 Å². The van der Waals surface area contributed by atoms with Crippen molar-refractivity contribution in [2.45, 2.75) is 51.1 Å². The van der Waals surface area contributed by atoms with Crippen molar-refractivity contribution < 1.29 is 13.9 Å². The van der Waals surface area contributed by atoms with Crippen LogP contribution in [0.15, 0.2) is 48.5 Å². The third-order valence-corrected chi connectivity index (χ3v) is 6.03. The van der Waals surface area contributed by atoms with Crippen molar-refractivity contribution in [2.75, 3.05) is 13.2 Å². The minimum atomic E-state index is -0.802. The lowest BCUT2D eigenvalue weighted by Crippen LogP contribution is -2.49. The van der Waals surface area contributed by atoms with Crippen LogP contribution in [0.4, 0.5) is 4.39 Å². The van der Waals surface area contributed by atoms with Crippen LogP contribution in [0.2, 0.25) is 0 Å². The Hall–Kier alpha value is -2.73. The summed E-state index contributed by atoms with van der Waals surface area (Å²) < 4.78 is 21.6. The van der Waals surface area contributed by atoms with Crippen molar-refractivity contribution in [2.24, 2.45) is 0 Å². The van der Waals surface area contributed by atoms with Gasteiger partial charge in [-0.05, 0) is 63.4 Å². The molecule has 1 aliphatic heterocycles. The van der Waals surface area contributed by atoms with Gasteiger partial charge < -0.3 is 14.6 Å². The van der Waals surface area contributed by atoms with Crippen molar-refractivity contribution in [3.8, 4) is 0 Å². The van der Waals surface area contributed by atoms with Crippen molar-refractivity contribution >= 4 is 16.9 Å². The number of ether oxygens (including phenoxy) is 1. The molecule has 1 fully saturated rings. The summed E-state index contributed by atoms with van der Waals surface area (Å²) in [6.07, 6.45) is 1.05. The van der Waals surface area contributed by atoms with E-state index in [9.17, 15) is 9.18 Å². The smallest absolute Gasteiger partial charge is 0.231 e. The molecule has 1 aliphatic rings. The molecule has 1 N–H and O–H groups in total. The summed E-state index contributed by atoms with van der Waals surface area (Å²) in [6, 6.07) is 14.3. The van der Waals surface area contributed by atoms with E-state index in [2.05, 4.69) is 23.7 Å². The highest BCUT2D eigenvalue weighted by Gasteiger charge is 2.42. The Balaban J connectivity index is 1.68. The van der Waals surface area contributed by atoms with Gasteiger partial charge in [0.1, 0.15) is 11.6 Å². The summed E-state index contributed by atoms with van der Waals surface area (Å²) in [7, 11) is 0. The van der Waals surface area contributed by atoms with Gasteiger partial charge in [0.05, 0.1) is 22.5 Å². The summed E-state index contributed by atoms with van der Waals surface area (Å²) >= 11 is 0. The molecule has 0 saturated carbocycles. The molecule has 5 nitrogen and oxygen atoms in total. The fraction of sp³-hybridized carbons (Fsp3) is 0.417. The van der Waals surface area contributed by atoms with Crippen molar-refractivity contribution in [1.82, 2.24) is 14.9 Å². The summed E-state index contributed by atoms with van der Waals surface area (Å²) in [5.74, 6) is 0.382. The van der Waals surface area contributed by atoms with Gasteiger partial charge in [-0.3, -0.25) is 4.79 Å². The number of nitrogens with one attached hydrogen (secondary N) is 1. The number of amides is 1. The first-order chi connectivity index (χ1) is 14.4. The van der Waals surface area contributed by atoms with Crippen molar-refractivity contribution in [3.05, 3.63) is 65.7 Å². The second kappa shape index (κ2) is 8.19. The Morgan fingerprint density at radius 1 is 1.13 bits per heavy atom. The number of benzene rings is 2. The van der Waals surface area contributed by atoms with Crippen molar-refractivity contribution in [1.29, 1.82) is 0 Å². The molecule has 1 amide bonds. The number of aromatic nitrogens is 2. The van der Waals surface area contributed by atoms with E-state index >= 15 is 0 Å². The van der Waals surface area contributed by atoms with E-state index in [4.69, 9.17) is 9.72 Å². The lowest BCUT2D eigenvalue weighted by atomic mass is 9.73. The molecule has 3 aromatic rings. The fourth-order valence-corrected chi connectivity index (χ4v) is 4.46. The fourth-order valence-electron chi connectivity index (χ4n) is 4.46. The lowest BCUT2D eigenvalue weighted by molar-refractivity contribution is -0.131. The molecule has 4 rings (SSSR count). The summed E-state index contributed by atoms with van der Waals surface area (Å²) in [5.41, 5.74) is 1.86. The van der Waals surface area contributed by atoms with Gasteiger partial charge in [-0.15, -0.1) is 0 Å². The van der Waals surface area contributed by atoms with Gasteiger partial charge in [0.25, 0.3) is 0 Å². The van der Waals surface area contributed by atoms with Gasteiger partial charge in [0.15, 0.2) is 0 Å². The van der Waals surface area contributed by atoms with E-state index in [0.29, 0.717) is 31.6 Å². The third-order valence-electron chi connectivity index (χ3n) is 6.03. The normalized spacial score (nSPS) is 17.2. The zero-order valence-corrected chi connectivity index (χ0v) is 17.7. The molecule has 1 aromatic heterocycles. The second-order valence-electron chi connectivity index (χ2n) is 8.32. The third kappa shape index (κ3) is 3.60. The van der Waals surface area contributed by atoms with Crippen LogP contribution in [0, 0.1) is 5.82 Å². The molecular formula is C24H28FN3O2. The maximum Gasteiger partial charge on any atom is 0.231 e. The first-order valence-corrected chi connectivity index (χ1v) is 10.5. The number of nitrogens with zero attached hydrogens (tertiary/aromatic N) is 2. The highest BCUT2D eigenvalue weighted by atomic mass is 19.1. The van der Waals surface area contributed by atoms with E-state index in [1.807, 2.05) is 37.3 Å². The number of imidazole rings is 1. The van der Waals surface area contributed by atoms with Crippen LogP contribution in [0.5, 0.6) is 0 Å². The Labute approximate surface area is 176 Å². The minimum Gasteiger partial charge on any atom is -0.381 e. The molecule has 0 aliphatic carbocycles. The first kappa shape index (κ1) is 20.5. The largest absolute Gasteiger partial charge is 0.381 e. The Bertz CT molecular complexity index is 1050. The average molecular weight is 410 g/mol. The molecule has 158 valence electrons. The molecule has 0 spiro atoms. The zero-order valence-electron chi connectivity index (χ0n) is 17.7. The Morgan fingerprint density at radius 3 is 2.57 bits per heavy atom. The van der Waals surface area contributed by atoms with Gasteiger partial charge in [-0.1, -0.05) is 24.3 Å². The van der Waals surface area contributed by atoms with Gasteiger partial charge in [0.2, 0.25) is 5.91 Å². The first-order valence-electron chi connectivity index (χ1n) is 10.5. The maximum absolute atomic E-state index is 14.0. The topological polar surface area (TPSA) is 56.2 Å². The number of para-hydroxylation sites is 2. The second-order valence-corrected chi connectivity index (χ2v) is 8.32. The number of hydrogen-bond acceptors (Lipinski definition) is 3. The van der Waals surface area contributed by atoms with Crippen LogP contribution in [0.1, 0.15) is 57.1 Å². The average Bonchev–Trinajstić information content (AvgIpc) is 3.14. The van der Waals surface area contributed by atoms with E-state index in [-0.39, 0.29) is 23.8 Å². The van der Waals surface area contributed by atoms with Crippen LogP contribution in [0.3, 0.4) is 0 Å². The highest BCUT2D eigenvalue weighted by Crippen LogP contribution is 2.36. The van der Waals surface area contributed by atoms with E-state index in [1.54, 1.807) is 6.07 Å². The standard InChI is InChI=1S/C24H28FN3O2/c1-16(2)28-21-10-5-4-9-20(21)27-22(28)17(3)26-23(29)24(11-13-30-14-12-24)18-7-6-8-19(25)15-18/h4-10,15-17H,11-14H2,1-3H3,(H,26,29)/t17-/m1/s1. The summed E-state index contributed by atoms with van der Waals surface area (Å²) in [6.45, 7) is 7.12. The van der Waals surface area contributed by atoms with Gasteiger partial charge in [-0.25, -0.2) is 9.37 Å². The molecule has 6 heteroatoms. The number of halogens is 1. The van der Waals surface area contributed by atoms with E-state index in [1.165, 1.54) is 12.1 Å². The van der Waals surface area contributed by atoms with Crippen molar-refractivity contribution in [3.63, 3.8) is 0 Å². The SMILES string of the molecule is CC(C)n1c([C@@H](C)NC(=O)C2(c3cccc(F)c3)CCOCC2)nc2ccccc21. The Kier molecular flexibility index (Phi) is 5.60. The summed E-state index contributed by atoms with van der Waals surface area (Å²) in [4.78, 5) is 18.4. The Morgan fingerprint density at radius 2 is 1.87 bits per heavy atom. The molecular weight excluding hydrogens is 381 g/mol. The number of carbonyl (C=O) groups is 1.